The number of hydrogen-bond donors (Lipinski definition) is 1. The molecular formula is C28H20BrCl2F3N2O6S. The number of alkyl halides is 3. The van der Waals surface area contributed by atoms with Crippen molar-refractivity contribution in [3.05, 3.63) is 84.6 Å². The van der Waals surface area contributed by atoms with Crippen LogP contribution in [0.15, 0.2) is 57.9 Å². The molecule has 0 bridgehead atoms. The lowest BCUT2D eigenvalue weighted by atomic mass is 10.1. The molecule has 1 aliphatic heterocycles. The Kier molecular flexibility index (Phi) is 10.2. The van der Waals surface area contributed by atoms with Crippen molar-refractivity contribution < 1.29 is 41.8 Å². The SMILES string of the molecule is COc1ccc(C(F)(F)F)cc1NC(=O)CN1C(=O)S/C(=C\c2cc(OC)c(OCc3ccc(Cl)c(Cl)c3)cc2Br)C1=O. The van der Waals surface area contributed by atoms with Gasteiger partial charge in [-0.05, 0) is 71.4 Å². The molecule has 1 aliphatic rings. The average Bonchev–Trinajstić information content (AvgIpc) is 3.21. The van der Waals surface area contributed by atoms with Crippen molar-refractivity contribution in [3.8, 4) is 17.2 Å². The molecule has 1 fully saturated rings. The highest BCUT2D eigenvalue weighted by molar-refractivity contribution is 9.10. The average molecular weight is 720 g/mol. The molecule has 0 aromatic heterocycles. The van der Waals surface area contributed by atoms with Gasteiger partial charge in [0, 0.05) is 4.47 Å². The second-order valence-corrected chi connectivity index (χ2v) is 11.5. The van der Waals surface area contributed by atoms with Gasteiger partial charge in [0.1, 0.15) is 18.9 Å². The molecule has 1 saturated heterocycles. The summed E-state index contributed by atoms with van der Waals surface area (Å²) in [5.74, 6) is -0.964. The minimum absolute atomic E-state index is 0.0154. The minimum atomic E-state index is -4.66. The normalized spacial score (nSPS) is 14.3. The lowest BCUT2D eigenvalue weighted by molar-refractivity contribution is -0.137. The maximum atomic E-state index is 13.1. The molecule has 0 atom stereocenters. The molecule has 1 N–H and O–H groups in total. The molecule has 0 radical (unpaired) electrons. The fourth-order valence-corrected chi connectivity index (χ4v) is 5.40. The number of nitrogens with one attached hydrogen (secondary N) is 1. The molecule has 0 unspecified atom stereocenters. The van der Waals surface area contributed by atoms with E-state index in [-0.39, 0.29) is 22.9 Å². The predicted molar refractivity (Wildman–Crippen MR) is 161 cm³/mol. The quantitative estimate of drug-likeness (QED) is 0.224. The van der Waals surface area contributed by atoms with Crippen LogP contribution in [0.2, 0.25) is 10.0 Å². The van der Waals surface area contributed by atoms with E-state index in [0.29, 0.717) is 54.3 Å². The van der Waals surface area contributed by atoms with Crippen molar-refractivity contribution in [1.82, 2.24) is 4.90 Å². The summed E-state index contributed by atoms with van der Waals surface area (Å²) in [6.07, 6.45) is -3.22. The number of amides is 3. The Morgan fingerprint density at radius 1 is 1.00 bits per heavy atom. The molecule has 1 heterocycles. The third-order valence-electron chi connectivity index (χ3n) is 5.92. The highest BCUT2D eigenvalue weighted by Crippen LogP contribution is 2.39. The Bertz CT molecular complexity index is 1640. The van der Waals surface area contributed by atoms with Gasteiger partial charge in [-0.3, -0.25) is 19.3 Å². The zero-order valence-corrected chi connectivity index (χ0v) is 26.1. The monoisotopic (exact) mass is 718 g/mol. The first-order valence-corrected chi connectivity index (χ1v) is 14.4. The maximum absolute atomic E-state index is 13.1. The molecule has 15 heteroatoms. The second-order valence-electron chi connectivity index (χ2n) is 8.79. The van der Waals surface area contributed by atoms with E-state index in [1.165, 1.54) is 20.3 Å². The number of anilines is 1. The van der Waals surface area contributed by atoms with Crippen molar-refractivity contribution in [3.63, 3.8) is 0 Å². The number of halogens is 6. The van der Waals surface area contributed by atoms with E-state index in [1.807, 2.05) is 0 Å². The summed E-state index contributed by atoms with van der Waals surface area (Å²) in [4.78, 5) is 39.0. The highest BCUT2D eigenvalue weighted by atomic mass is 79.9. The Hall–Kier alpha value is -3.39. The molecule has 8 nitrogen and oxygen atoms in total. The number of nitrogens with zero attached hydrogens (tertiary/aromatic N) is 1. The molecule has 3 amide bonds. The molecule has 3 aromatic rings. The number of rotatable bonds is 9. The zero-order valence-electron chi connectivity index (χ0n) is 22.2. The minimum Gasteiger partial charge on any atom is -0.495 e. The Morgan fingerprint density at radius 2 is 1.72 bits per heavy atom. The summed E-state index contributed by atoms with van der Waals surface area (Å²) >= 11 is 16.1. The lowest BCUT2D eigenvalue weighted by Crippen LogP contribution is -2.36. The predicted octanol–water partition coefficient (Wildman–Crippen LogP) is 8.05. The number of methoxy groups -OCH3 is 2. The summed E-state index contributed by atoms with van der Waals surface area (Å²) in [5, 5.41) is 2.34. The van der Waals surface area contributed by atoms with E-state index in [2.05, 4.69) is 21.2 Å². The Balaban J connectivity index is 1.48. The number of carbonyl (C=O) groups excluding carboxylic acids is 3. The summed E-state index contributed by atoms with van der Waals surface area (Å²) < 4.78 is 56.3. The molecule has 3 aromatic carbocycles. The van der Waals surface area contributed by atoms with Gasteiger partial charge in [-0.1, -0.05) is 45.2 Å². The van der Waals surface area contributed by atoms with Crippen LogP contribution in [-0.4, -0.2) is 42.7 Å². The summed E-state index contributed by atoms with van der Waals surface area (Å²) in [5.41, 5.74) is -0.0323. The van der Waals surface area contributed by atoms with Gasteiger partial charge in [0.05, 0.1) is 40.4 Å². The van der Waals surface area contributed by atoms with Crippen LogP contribution in [0.5, 0.6) is 17.2 Å². The Labute approximate surface area is 266 Å². The number of thioether (sulfide) groups is 1. The van der Waals surface area contributed by atoms with Gasteiger partial charge >= 0.3 is 6.18 Å². The van der Waals surface area contributed by atoms with E-state index < -0.39 is 35.3 Å². The van der Waals surface area contributed by atoms with E-state index >= 15 is 0 Å². The first kappa shape index (κ1) is 32.5. The van der Waals surface area contributed by atoms with E-state index in [9.17, 15) is 27.6 Å². The van der Waals surface area contributed by atoms with Gasteiger partial charge in [-0.2, -0.15) is 13.2 Å². The van der Waals surface area contributed by atoms with E-state index in [1.54, 1.807) is 30.3 Å². The molecule has 43 heavy (non-hydrogen) atoms. The van der Waals surface area contributed by atoms with Gasteiger partial charge in [0.15, 0.2) is 11.5 Å². The number of hydrogen-bond acceptors (Lipinski definition) is 7. The van der Waals surface area contributed by atoms with Gasteiger partial charge in [0.25, 0.3) is 11.1 Å². The zero-order chi connectivity index (χ0) is 31.5. The largest absolute Gasteiger partial charge is 0.495 e. The fraction of sp³-hybridized carbons (Fsp3) is 0.179. The molecule has 0 saturated carbocycles. The molecule has 0 spiro atoms. The van der Waals surface area contributed by atoms with Crippen molar-refractivity contribution in [2.24, 2.45) is 0 Å². The summed E-state index contributed by atoms with van der Waals surface area (Å²) in [6.45, 7) is -0.570. The van der Waals surface area contributed by atoms with Crippen molar-refractivity contribution in [2.75, 3.05) is 26.1 Å². The van der Waals surface area contributed by atoms with Crippen LogP contribution < -0.4 is 19.5 Å². The lowest BCUT2D eigenvalue weighted by Gasteiger charge is -2.16. The van der Waals surface area contributed by atoms with Crippen LogP contribution in [0.4, 0.5) is 23.7 Å². The summed E-state index contributed by atoms with van der Waals surface area (Å²) in [6, 6.07) is 10.9. The van der Waals surface area contributed by atoms with Gasteiger partial charge < -0.3 is 19.5 Å². The van der Waals surface area contributed by atoms with Crippen molar-refractivity contribution in [1.29, 1.82) is 0 Å². The topological polar surface area (TPSA) is 94.2 Å². The molecule has 226 valence electrons. The molecule has 0 aliphatic carbocycles. The number of carbonyl (C=O) groups is 3. The standard InChI is InChI=1S/C28H20BrCl2F3N2O6S/c1-40-21-6-4-16(28(32,33)34)10-20(21)35-25(37)12-36-26(38)24(43-27(36)39)9-15-8-22(41-2)23(11-17(15)29)42-13-14-3-5-18(30)19(31)7-14/h3-11H,12-13H2,1-2H3,(H,35,37)/b24-9-. The number of benzene rings is 3. The van der Waals surface area contributed by atoms with Crippen molar-refractivity contribution in [2.45, 2.75) is 12.8 Å². The van der Waals surface area contributed by atoms with Gasteiger partial charge in [-0.25, -0.2) is 0 Å². The van der Waals surface area contributed by atoms with Crippen LogP contribution in [0.25, 0.3) is 6.08 Å². The number of ether oxygens (including phenoxy) is 3. The van der Waals surface area contributed by atoms with Crippen LogP contribution in [0.1, 0.15) is 16.7 Å². The fourth-order valence-electron chi connectivity index (χ4n) is 3.82. The first-order chi connectivity index (χ1) is 20.3. The maximum Gasteiger partial charge on any atom is 0.416 e. The van der Waals surface area contributed by atoms with Crippen LogP contribution in [0.3, 0.4) is 0 Å². The smallest absolute Gasteiger partial charge is 0.416 e. The third kappa shape index (κ3) is 7.77. The number of imide groups is 1. The van der Waals surface area contributed by atoms with Crippen LogP contribution >= 0.6 is 50.9 Å². The third-order valence-corrected chi connectivity index (χ3v) is 8.26. The van der Waals surface area contributed by atoms with Crippen LogP contribution in [-0.2, 0) is 22.4 Å². The van der Waals surface area contributed by atoms with E-state index in [4.69, 9.17) is 37.4 Å². The van der Waals surface area contributed by atoms with Crippen molar-refractivity contribution >= 4 is 79.7 Å². The highest BCUT2D eigenvalue weighted by Gasteiger charge is 2.37. The Morgan fingerprint density at radius 3 is 2.37 bits per heavy atom. The van der Waals surface area contributed by atoms with Crippen LogP contribution in [0, 0.1) is 0 Å². The van der Waals surface area contributed by atoms with Gasteiger partial charge in [0.2, 0.25) is 5.91 Å². The molecular weight excluding hydrogens is 700 g/mol. The van der Waals surface area contributed by atoms with E-state index in [0.717, 1.165) is 17.7 Å². The first-order valence-electron chi connectivity index (χ1n) is 12.1. The summed E-state index contributed by atoms with van der Waals surface area (Å²) in [7, 11) is 2.66. The molecule has 4 rings (SSSR count). The second kappa shape index (κ2) is 13.5. The van der Waals surface area contributed by atoms with Gasteiger partial charge in [-0.15, -0.1) is 0 Å².